The van der Waals surface area contributed by atoms with Crippen molar-refractivity contribution in [3.63, 3.8) is 0 Å². The van der Waals surface area contributed by atoms with Crippen molar-refractivity contribution in [3.05, 3.63) is 36.7 Å². The van der Waals surface area contributed by atoms with E-state index in [1.54, 1.807) is 17.2 Å². The van der Waals surface area contributed by atoms with Crippen LogP contribution in [0.4, 0.5) is 5.69 Å². The van der Waals surface area contributed by atoms with Crippen LogP contribution in [0.2, 0.25) is 0 Å². The highest BCUT2D eigenvalue weighted by atomic mass is 15.5. The molecule has 3 rings (SSSR count). The molecule has 1 aromatic heterocycles. The van der Waals surface area contributed by atoms with E-state index in [1.165, 1.54) is 12.8 Å². The van der Waals surface area contributed by atoms with E-state index in [-0.39, 0.29) is 0 Å². The number of anilines is 1. The molecule has 0 unspecified atom stereocenters. The van der Waals surface area contributed by atoms with Crippen molar-refractivity contribution in [2.45, 2.75) is 12.8 Å². The van der Waals surface area contributed by atoms with Gasteiger partial charge >= 0.3 is 0 Å². The Kier molecular flexibility index (Phi) is 3.74. The number of benzene rings is 1. The van der Waals surface area contributed by atoms with Crippen molar-refractivity contribution in [1.29, 1.82) is 0 Å². The third-order valence-corrected chi connectivity index (χ3v) is 3.57. The number of hydrogen-bond acceptors (Lipinski definition) is 4. The summed E-state index contributed by atoms with van der Waals surface area (Å²) >= 11 is 0. The molecule has 0 saturated carbocycles. The number of aromatic nitrogens is 3. The van der Waals surface area contributed by atoms with Crippen molar-refractivity contribution in [3.8, 4) is 5.69 Å². The fourth-order valence-electron chi connectivity index (χ4n) is 2.41. The van der Waals surface area contributed by atoms with Crippen LogP contribution in [0.3, 0.4) is 0 Å². The quantitative estimate of drug-likeness (QED) is 0.875. The van der Waals surface area contributed by atoms with Gasteiger partial charge in [-0.05, 0) is 56.1 Å². The largest absolute Gasteiger partial charge is 0.385 e. The zero-order chi connectivity index (χ0) is 12.9. The standard InChI is InChI=1S/C14H19N5/c1-3-14(19-17-9-10-18-19)4-2-13(1)16-11-12-5-7-15-8-6-12/h1-4,9-10,12,15-16H,5-8,11H2. The Balaban J connectivity index is 1.57. The SMILES string of the molecule is c1cnn(-c2ccc(NCC3CCNCC3)cc2)n1. The number of piperidine rings is 1. The fourth-order valence-corrected chi connectivity index (χ4v) is 2.41. The minimum atomic E-state index is 0.786. The minimum absolute atomic E-state index is 0.786. The van der Waals surface area contributed by atoms with Gasteiger partial charge in [-0.15, -0.1) is 0 Å². The molecule has 5 nitrogen and oxygen atoms in total. The van der Waals surface area contributed by atoms with E-state index in [1.807, 2.05) is 12.1 Å². The highest BCUT2D eigenvalue weighted by Gasteiger charge is 2.12. The highest BCUT2D eigenvalue weighted by Crippen LogP contribution is 2.15. The molecule has 0 aliphatic carbocycles. The van der Waals surface area contributed by atoms with Crippen LogP contribution >= 0.6 is 0 Å². The topological polar surface area (TPSA) is 54.8 Å². The molecular weight excluding hydrogens is 238 g/mol. The summed E-state index contributed by atoms with van der Waals surface area (Å²) in [5.74, 6) is 0.786. The average molecular weight is 257 g/mol. The summed E-state index contributed by atoms with van der Waals surface area (Å²) in [5.41, 5.74) is 2.15. The molecule has 2 aromatic rings. The predicted molar refractivity (Wildman–Crippen MR) is 75.4 cm³/mol. The third-order valence-electron chi connectivity index (χ3n) is 3.57. The summed E-state index contributed by atoms with van der Waals surface area (Å²) in [5, 5.41) is 15.1. The van der Waals surface area contributed by atoms with Crippen LogP contribution in [0.5, 0.6) is 0 Å². The van der Waals surface area contributed by atoms with Gasteiger partial charge in [-0.25, -0.2) is 0 Å². The molecule has 0 atom stereocenters. The van der Waals surface area contributed by atoms with Gasteiger partial charge in [0.15, 0.2) is 0 Å². The molecule has 2 N–H and O–H groups in total. The number of hydrogen-bond donors (Lipinski definition) is 2. The Hall–Kier alpha value is -1.88. The molecule has 1 aliphatic heterocycles. The molecule has 1 fully saturated rings. The second kappa shape index (κ2) is 5.84. The molecule has 0 bridgehead atoms. The lowest BCUT2D eigenvalue weighted by Crippen LogP contribution is -2.31. The molecule has 0 amide bonds. The summed E-state index contributed by atoms with van der Waals surface area (Å²) in [6.45, 7) is 3.35. The zero-order valence-corrected chi connectivity index (χ0v) is 10.9. The monoisotopic (exact) mass is 257 g/mol. The first-order valence-corrected chi connectivity index (χ1v) is 6.83. The molecular formula is C14H19N5. The number of rotatable bonds is 4. The van der Waals surface area contributed by atoms with Crippen LogP contribution in [0.25, 0.3) is 5.69 Å². The van der Waals surface area contributed by atoms with Gasteiger partial charge in [-0.1, -0.05) is 0 Å². The number of nitrogens with one attached hydrogen (secondary N) is 2. The second-order valence-corrected chi connectivity index (χ2v) is 4.94. The molecule has 0 spiro atoms. The maximum absolute atomic E-state index is 4.11. The second-order valence-electron chi connectivity index (χ2n) is 4.94. The van der Waals surface area contributed by atoms with Crippen molar-refractivity contribution in [2.75, 3.05) is 25.0 Å². The van der Waals surface area contributed by atoms with Crippen LogP contribution in [-0.2, 0) is 0 Å². The van der Waals surface area contributed by atoms with E-state index in [2.05, 4.69) is 33.0 Å². The first-order chi connectivity index (χ1) is 9.42. The average Bonchev–Trinajstić information content (AvgIpc) is 3.01. The molecule has 100 valence electrons. The summed E-state index contributed by atoms with van der Waals surface area (Å²) < 4.78 is 0. The lowest BCUT2D eigenvalue weighted by Gasteiger charge is -2.23. The maximum Gasteiger partial charge on any atom is 0.0858 e. The van der Waals surface area contributed by atoms with Crippen molar-refractivity contribution in [1.82, 2.24) is 20.3 Å². The van der Waals surface area contributed by atoms with E-state index < -0.39 is 0 Å². The molecule has 19 heavy (non-hydrogen) atoms. The number of nitrogens with zero attached hydrogens (tertiary/aromatic N) is 3. The van der Waals surface area contributed by atoms with Gasteiger partial charge in [0.2, 0.25) is 0 Å². The van der Waals surface area contributed by atoms with E-state index in [9.17, 15) is 0 Å². The summed E-state index contributed by atoms with van der Waals surface area (Å²) in [6.07, 6.45) is 5.90. The van der Waals surface area contributed by atoms with Gasteiger partial charge in [0.25, 0.3) is 0 Å². The van der Waals surface area contributed by atoms with Gasteiger partial charge in [0, 0.05) is 12.2 Å². The Morgan fingerprint density at radius 3 is 2.47 bits per heavy atom. The lowest BCUT2D eigenvalue weighted by atomic mass is 9.98. The van der Waals surface area contributed by atoms with E-state index >= 15 is 0 Å². The van der Waals surface area contributed by atoms with Gasteiger partial charge in [-0.3, -0.25) is 0 Å². The van der Waals surface area contributed by atoms with Crippen molar-refractivity contribution < 1.29 is 0 Å². The van der Waals surface area contributed by atoms with Gasteiger partial charge < -0.3 is 10.6 Å². The van der Waals surface area contributed by atoms with Gasteiger partial charge in [-0.2, -0.15) is 15.0 Å². The lowest BCUT2D eigenvalue weighted by molar-refractivity contribution is 0.390. The first kappa shape index (κ1) is 12.2. The first-order valence-electron chi connectivity index (χ1n) is 6.83. The van der Waals surface area contributed by atoms with Crippen LogP contribution in [-0.4, -0.2) is 34.6 Å². The summed E-state index contributed by atoms with van der Waals surface area (Å²) in [4.78, 5) is 1.62. The normalized spacial score (nSPS) is 16.4. The fraction of sp³-hybridized carbons (Fsp3) is 0.429. The van der Waals surface area contributed by atoms with Crippen molar-refractivity contribution >= 4 is 5.69 Å². The van der Waals surface area contributed by atoms with Crippen LogP contribution in [0, 0.1) is 5.92 Å². The Bertz CT molecular complexity index is 485. The molecule has 2 heterocycles. The smallest absolute Gasteiger partial charge is 0.0858 e. The van der Waals surface area contributed by atoms with Crippen LogP contribution < -0.4 is 10.6 Å². The zero-order valence-electron chi connectivity index (χ0n) is 10.9. The summed E-state index contributed by atoms with van der Waals surface area (Å²) in [6, 6.07) is 8.23. The summed E-state index contributed by atoms with van der Waals surface area (Å²) in [7, 11) is 0. The predicted octanol–water partition coefficient (Wildman–Crippen LogP) is 1.68. The van der Waals surface area contributed by atoms with Crippen molar-refractivity contribution in [2.24, 2.45) is 5.92 Å². The third kappa shape index (κ3) is 3.12. The highest BCUT2D eigenvalue weighted by molar-refractivity contribution is 5.48. The Morgan fingerprint density at radius 1 is 1.11 bits per heavy atom. The van der Waals surface area contributed by atoms with E-state index in [0.29, 0.717) is 0 Å². The van der Waals surface area contributed by atoms with Gasteiger partial charge in [0.1, 0.15) is 0 Å². The van der Waals surface area contributed by atoms with Gasteiger partial charge in [0.05, 0.1) is 18.1 Å². The van der Waals surface area contributed by atoms with Crippen LogP contribution in [0.15, 0.2) is 36.7 Å². The molecule has 1 aliphatic rings. The maximum atomic E-state index is 4.11. The Morgan fingerprint density at radius 2 is 1.79 bits per heavy atom. The van der Waals surface area contributed by atoms with E-state index in [4.69, 9.17) is 0 Å². The molecule has 5 heteroatoms. The molecule has 1 aromatic carbocycles. The minimum Gasteiger partial charge on any atom is -0.385 e. The Labute approximate surface area is 113 Å². The van der Waals surface area contributed by atoms with Crippen LogP contribution in [0.1, 0.15) is 12.8 Å². The molecule has 1 saturated heterocycles. The van der Waals surface area contributed by atoms with E-state index in [0.717, 1.165) is 36.9 Å². The molecule has 0 radical (unpaired) electrons.